The van der Waals surface area contributed by atoms with Crippen LogP contribution in [0, 0.1) is 0 Å². The number of carbonyl (C=O) groups excluding carboxylic acids is 2. The molecule has 0 aliphatic heterocycles. The summed E-state index contributed by atoms with van der Waals surface area (Å²) in [4.78, 5) is 35.9. The molecule has 0 saturated carbocycles. The van der Waals surface area contributed by atoms with Crippen molar-refractivity contribution in [2.75, 3.05) is 18.5 Å². The van der Waals surface area contributed by atoms with E-state index in [0.717, 1.165) is 22.3 Å². The topological polar surface area (TPSA) is 125 Å². The van der Waals surface area contributed by atoms with Gasteiger partial charge in [0.05, 0.1) is 17.8 Å². The number of rotatable bonds is 7. The number of carboxylic acid groups (broad SMARTS) is 1. The van der Waals surface area contributed by atoms with Crippen molar-refractivity contribution in [3.8, 4) is 11.1 Å². The standard InChI is InChI=1S/C25H21BrN2O6/c26-14-9-10-19(23(30)27-12-22(29)24(31)32)21(11-14)28-25(33)34-13-20-17-7-3-1-5-15(17)16-6-2-4-8-18(16)20/h1-11,20,22,29H,12-13H2,(H,27,30)(H,28,33)(H,31,32). The molecule has 1 aliphatic carbocycles. The van der Waals surface area contributed by atoms with Crippen molar-refractivity contribution in [1.82, 2.24) is 5.32 Å². The lowest BCUT2D eigenvalue weighted by molar-refractivity contribution is -0.146. The molecule has 3 aromatic rings. The van der Waals surface area contributed by atoms with Gasteiger partial charge in [-0.15, -0.1) is 0 Å². The number of halogens is 1. The highest BCUT2D eigenvalue weighted by atomic mass is 79.9. The highest BCUT2D eigenvalue weighted by Gasteiger charge is 2.29. The Morgan fingerprint density at radius 1 is 0.971 bits per heavy atom. The van der Waals surface area contributed by atoms with Gasteiger partial charge >= 0.3 is 12.1 Å². The number of fused-ring (bicyclic) bond motifs is 3. The third-order valence-corrected chi connectivity index (χ3v) is 6.04. The van der Waals surface area contributed by atoms with E-state index in [2.05, 4.69) is 26.6 Å². The molecule has 2 amide bonds. The van der Waals surface area contributed by atoms with Crippen molar-refractivity contribution in [3.05, 3.63) is 87.9 Å². The minimum Gasteiger partial charge on any atom is -0.479 e. The van der Waals surface area contributed by atoms with Gasteiger partial charge in [-0.1, -0.05) is 64.5 Å². The maximum atomic E-state index is 12.6. The number of carbonyl (C=O) groups is 3. The fourth-order valence-electron chi connectivity index (χ4n) is 3.93. The van der Waals surface area contributed by atoms with Crippen LogP contribution in [0.15, 0.2) is 71.2 Å². The maximum Gasteiger partial charge on any atom is 0.411 e. The van der Waals surface area contributed by atoms with Gasteiger partial charge in [-0.2, -0.15) is 0 Å². The summed E-state index contributed by atoms with van der Waals surface area (Å²) < 4.78 is 6.15. The molecule has 0 aromatic heterocycles. The lowest BCUT2D eigenvalue weighted by atomic mass is 9.98. The molecule has 1 aliphatic rings. The highest BCUT2D eigenvalue weighted by molar-refractivity contribution is 9.10. The van der Waals surface area contributed by atoms with Crippen LogP contribution in [0.5, 0.6) is 0 Å². The summed E-state index contributed by atoms with van der Waals surface area (Å²) in [6, 6.07) is 20.6. The van der Waals surface area contributed by atoms with Gasteiger partial charge in [0.2, 0.25) is 0 Å². The molecule has 9 heteroatoms. The first kappa shape index (κ1) is 23.5. The van der Waals surface area contributed by atoms with E-state index in [-0.39, 0.29) is 23.8 Å². The van der Waals surface area contributed by atoms with Crippen molar-refractivity contribution in [2.24, 2.45) is 0 Å². The number of ether oxygens (including phenoxy) is 1. The van der Waals surface area contributed by atoms with Crippen LogP contribution in [0.1, 0.15) is 27.4 Å². The summed E-state index contributed by atoms with van der Waals surface area (Å²) in [7, 11) is 0. The fraction of sp³-hybridized carbons (Fsp3) is 0.160. The number of nitrogens with one attached hydrogen (secondary N) is 2. The van der Waals surface area contributed by atoms with Gasteiger partial charge in [-0.05, 0) is 40.5 Å². The smallest absolute Gasteiger partial charge is 0.411 e. The zero-order valence-electron chi connectivity index (χ0n) is 17.8. The molecule has 8 nitrogen and oxygen atoms in total. The molecule has 0 spiro atoms. The van der Waals surface area contributed by atoms with Gasteiger partial charge in [0.25, 0.3) is 5.91 Å². The molecule has 0 radical (unpaired) electrons. The maximum absolute atomic E-state index is 12.6. The van der Waals surface area contributed by atoms with Crippen LogP contribution >= 0.6 is 15.9 Å². The molecular weight excluding hydrogens is 504 g/mol. The average molecular weight is 525 g/mol. The molecule has 4 N–H and O–H groups in total. The van der Waals surface area contributed by atoms with Crippen molar-refractivity contribution in [1.29, 1.82) is 0 Å². The van der Waals surface area contributed by atoms with Crippen LogP contribution in [0.2, 0.25) is 0 Å². The monoisotopic (exact) mass is 524 g/mol. The van der Waals surface area contributed by atoms with E-state index in [4.69, 9.17) is 9.84 Å². The predicted molar refractivity (Wildman–Crippen MR) is 129 cm³/mol. The zero-order chi connectivity index (χ0) is 24.2. The number of aliphatic hydroxyl groups excluding tert-OH is 1. The molecule has 1 unspecified atom stereocenters. The number of amides is 2. The van der Waals surface area contributed by atoms with Gasteiger partial charge in [0, 0.05) is 10.4 Å². The summed E-state index contributed by atoms with van der Waals surface area (Å²) in [6.45, 7) is -0.366. The Morgan fingerprint density at radius 3 is 2.21 bits per heavy atom. The normalized spacial score (nSPS) is 12.9. The van der Waals surface area contributed by atoms with Crippen LogP contribution in [0.25, 0.3) is 11.1 Å². The molecule has 1 atom stereocenters. The molecule has 0 saturated heterocycles. The summed E-state index contributed by atoms with van der Waals surface area (Å²) in [5.41, 5.74) is 4.65. The Bertz CT molecular complexity index is 1220. The SMILES string of the molecule is O=C(Nc1cc(Br)ccc1C(=O)NCC(O)C(=O)O)OCC1c2ccccc2-c2ccccc21. The molecule has 34 heavy (non-hydrogen) atoms. The Morgan fingerprint density at radius 2 is 1.59 bits per heavy atom. The number of aliphatic carboxylic acids is 1. The fourth-order valence-corrected chi connectivity index (χ4v) is 4.30. The van der Waals surface area contributed by atoms with Crippen LogP contribution in [-0.2, 0) is 9.53 Å². The van der Waals surface area contributed by atoms with E-state index >= 15 is 0 Å². The molecule has 0 fully saturated rings. The van der Waals surface area contributed by atoms with E-state index < -0.39 is 30.6 Å². The largest absolute Gasteiger partial charge is 0.479 e. The Hall–Kier alpha value is -3.69. The van der Waals surface area contributed by atoms with Gasteiger partial charge in [-0.25, -0.2) is 9.59 Å². The summed E-state index contributed by atoms with van der Waals surface area (Å²) in [5, 5.41) is 23.1. The van der Waals surface area contributed by atoms with E-state index in [0.29, 0.717) is 4.47 Å². The first-order valence-electron chi connectivity index (χ1n) is 10.5. The van der Waals surface area contributed by atoms with E-state index in [1.54, 1.807) is 6.07 Å². The molecule has 0 heterocycles. The Kier molecular flexibility index (Phi) is 6.95. The number of anilines is 1. The number of carboxylic acids is 1. The quantitative estimate of drug-likeness (QED) is 0.370. The highest BCUT2D eigenvalue weighted by Crippen LogP contribution is 2.44. The molecule has 3 aromatic carbocycles. The molecule has 0 bridgehead atoms. The zero-order valence-corrected chi connectivity index (χ0v) is 19.4. The van der Waals surface area contributed by atoms with E-state index in [9.17, 15) is 19.5 Å². The van der Waals surface area contributed by atoms with Gasteiger partial charge in [-0.3, -0.25) is 10.1 Å². The van der Waals surface area contributed by atoms with Gasteiger partial charge in [0.1, 0.15) is 6.61 Å². The van der Waals surface area contributed by atoms with Gasteiger partial charge in [0.15, 0.2) is 6.10 Å². The third kappa shape index (κ3) is 4.95. The molecule has 4 rings (SSSR count). The summed E-state index contributed by atoms with van der Waals surface area (Å²) >= 11 is 3.30. The Labute approximate surface area is 203 Å². The Balaban J connectivity index is 1.45. The van der Waals surface area contributed by atoms with Crippen molar-refractivity contribution < 1.29 is 29.3 Å². The summed E-state index contributed by atoms with van der Waals surface area (Å²) in [5.74, 6) is -2.21. The second-order valence-electron chi connectivity index (χ2n) is 7.70. The van der Waals surface area contributed by atoms with E-state index in [1.807, 2.05) is 48.5 Å². The second kappa shape index (κ2) is 10.1. The predicted octanol–water partition coefficient (Wildman–Crippen LogP) is 3.99. The lowest BCUT2D eigenvalue weighted by Gasteiger charge is -2.16. The minimum absolute atomic E-state index is 0.0919. The van der Waals surface area contributed by atoms with Crippen LogP contribution in [0.4, 0.5) is 10.5 Å². The first-order chi connectivity index (χ1) is 16.3. The van der Waals surface area contributed by atoms with Crippen molar-refractivity contribution >= 4 is 39.6 Å². The van der Waals surface area contributed by atoms with Crippen molar-refractivity contribution in [3.63, 3.8) is 0 Å². The number of aliphatic hydroxyl groups is 1. The van der Waals surface area contributed by atoms with Gasteiger partial charge < -0.3 is 20.3 Å². The molecule has 174 valence electrons. The first-order valence-corrected chi connectivity index (χ1v) is 11.2. The van der Waals surface area contributed by atoms with E-state index in [1.165, 1.54) is 12.1 Å². The number of hydrogen-bond acceptors (Lipinski definition) is 5. The number of benzene rings is 3. The van der Waals surface area contributed by atoms with Crippen molar-refractivity contribution in [2.45, 2.75) is 12.0 Å². The average Bonchev–Trinajstić information content (AvgIpc) is 3.14. The third-order valence-electron chi connectivity index (χ3n) is 5.55. The van der Waals surface area contributed by atoms with Crippen LogP contribution in [0.3, 0.4) is 0 Å². The molecular formula is C25H21BrN2O6. The second-order valence-corrected chi connectivity index (χ2v) is 8.62. The summed E-state index contributed by atoms with van der Waals surface area (Å²) in [6.07, 6.45) is -2.47. The lowest BCUT2D eigenvalue weighted by Crippen LogP contribution is -2.36. The number of hydrogen-bond donors (Lipinski definition) is 4. The van der Waals surface area contributed by atoms with Crippen LogP contribution < -0.4 is 10.6 Å². The minimum atomic E-state index is -1.74. The van der Waals surface area contributed by atoms with Crippen LogP contribution in [-0.4, -0.2) is 47.4 Å².